The van der Waals surface area contributed by atoms with Crippen LogP contribution in [0.2, 0.25) is 0 Å². The number of nitriles is 1. The van der Waals surface area contributed by atoms with Crippen LogP contribution in [-0.4, -0.2) is 24.8 Å². The SMILES string of the molecule is Cc1ccc2nnc(Cc3ccc4ncc(C#N)cc4c3)n2n1. The van der Waals surface area contributed by atoms with E-state index >= 15 is 0 Å². The van der Waals surface area contributed by atoms with Crippen LogP contribution in [0.4, 0.5) is 0 Å². The van der Waals surface area contributed by atoms with E-state index in [-0.39, 0.29) is 0 Å². The van der Waals surface area contributed by atoms with Crippen LogP contribution in [0, 0.1) is 18.3 Å². The van der Waals surface area contributed by atoms with Crippen LogP contribution in [0.25, 0.3) is 16.6 Å². The van der Waals surface area contributed by atoms with Gasteiger partial charge in [0.05, 0.1) is 16.8 Å². The first-order valence-corrected chi connectivity index (χ1v) is 7.20. The van der Waals surface area contributed by atoms with Gasteiger partial charge in [-0.3, -0.25) is 4.98 Å². The average molecular weight is 300 g/mol. The lowest BCUT2D eigenvalue weighted by Crippen LogP contribution is -2.01. The van der Waals surface area contributed by atoms with E-state index in [0.29, 0.717) is 12.0 Å². The van der Waals surface area contributed by atoms with Crippen molar-refractivity contribution < 1.29 is 0 Å². The van der Waals surface area contributed by atoms with E-state index in [9.17, 15) is 0 Å². The Bertz CT molecular complexity index is 1070. The molecule has 110 valence electrons. The maximum atomic E-state index is 9.00. The molecule has 3 heterocycles. The average Bonchev–Trinajstić information content (AvgIpc) is 2.96. The highest BCUT2D eigenvalue weighted by Crippen LogP contribution is 2.17. The fourth-order valence-corrected chi connectivity index (χ4v) is 2.57. The smallest absolute Gasteiger partial charge is 0.177 e. The van der Waals surface area contributed by atoms with Crippen molar-refractivity contribution in [3.05, 3.63) is 65.2 Å². The summed E-state index contributed by atoms with van der Waals surface area (Å²) in [4.78, 5) is 4.28. The van der Waals surface area contributed by atoms with E-state index in [1.54, 1.807) is 10.7 Å². The van der Waals surface area contributed by atoms with Gasteiger partial charge in [0, 0.05) is 18.0 Å². The molecular formula is C17H12N6. The van der Waals surface area contributed by atoms with Gasteiger partial charge in [-0.1, -0.05) is 6.07 Å². The minimum atomic E-state index is 0.555. The maximum Gasteiger partial charge on any atom is 0.177 e. The summed E-state index contributed by atoms with van der Waals surface area (Å²) in [5.74, 6) is 0.785. The van der Waals surface area contributed by atoms with Gasteiger partial charge >= 0.3 is 0 Å². The molecule has 23 heavy (non-hydrogen) atoms. The van der Waals surface area contributed by atoms with Crippen LogP contribution in [-0.2, 0) is 6.42 Å². The molecule has 0 N–H and O–H groups in total. The Balaban J connectivity index is 1.76. The summed E-state index contributed by atoms with van der Waals surface area (Å²) in [5, 5.41) is 22.8. The summed E-state index contributed by atoms with van der Waals surface area (Å²) in [6.07, 6.45) is 2.20. The Labute approximate surface area is 132 Å². The number of hydrogen-bond acceptors (Lipinski definition) is 5. The molecular weight excluding hydrogens is 288 g/mol. The Morgan fingerprint density at radius 3 is 2.91 bits per heavy atom. The van der Waals surface area contributed by atoms with E-state index < -0.39 is 0 Å². The molecule has 4 rings (SSSR count). The molecule has 6 heteroatoms. The van der Waals surface area contributed by atoms with Crippen LogP contribution in [0.1, 0.15) is 22.6 Å². The molecule has 3 aromatic heterocycles. The highest BCUT2D eigenvalue weighted by Gasteiger charge is 2.08. The second kappa shape index (κ2) is 5.14. The normalized spacial score (nSPS) is 11.0. The monoisotopic (exact) mass is 300 g/mol. The molecule has 0 amide bonds. The predicted molar refractivity (Wildman–Crippen MR) is 84.8 cm³/mol. The Morgan fingerprint density at radius 1 is 1.13 bits per heavy atom. The highest BCUT2D eigenvalue weighted by atomic mass is 15.4. The molecule has 0 radical (unpaired) electrons. The van der Waals surface area contributed by atoms with Crippen molar-refractivity contribution in [2.24, 2.45) is 0 Å². The predicted octanol–water partition coefficient (Wildman–Crippen LogP) is 2.44. The summed E-state index contributed by atoms with van der Waals surface area (Å²) >= 11 is 0. The second-order valence-corrected chi connectivity index (χ2v) is 5.40. The molecule has 0 saturated carbocycles. The second-order valence-electron chi connectivity index (χ2n) is 5.40. The molecule has 0 bridgehead atoms. The first-order valence-electron chi connectivity index (χ1n) is 7.20. The van der Waals surface area contributed by atoms with Crippen LogP contribution in [0.3, 0.4) is 0 Å². The van der Waals surface area contributed by atoms with Crippen molar-refractivity contribution in [3.8, 4) is 6.07 Å². The summed E-state index contributed by atoms with van der Waals surface area (Å²) in [5.41, 5.74) is 4.15. The van der Waals surface area contributed by atoms with E-state index in [2.05, 4.69) is 26.3 Å². The number of aromatic nitrogens is 5. The van der Waals surface area contributed by atoms with Crippen molar-refractivity contribution in [3.63, 3.8) is 0 Å². The van der Waals surface area contributed by atoms with Gasteiger partial charge in [0.25, 0.3) is 0 Å². The lowest BCUT2D eigenvalue weighted by atomic mass is 10.1. The lowest BCUT2D eigenvalue weighted by Gasteiger charge is -2.03. The van der Waals surface area contributed by atoms with Crippen molar-refractivity contribution in [2.75, 3.05) is 0 Å². The van der Waals surface area contributed by atoms with Crippen molar-refractivity contribution in [2.45, 2.75) is 13.3 Å². The van der Waals surface area contributed by atoms with Gasteiger partial charge in [-0.15, -0.1) is 10.2 Å². The minimum Gasteiger partial charge on any atom is -0.255 e. The number of nitrogens with zero attached hydrogens (tertiary/aromatic N) is 6. The molecule has 0 fully saturated rings. The molecule has 4 aromatic rings. The van der Waals surface area contributed by atoms with Crippen molar-refractivity contribution in [1.29, 1.82) is 5.26 Å². The number of pyridine rings is 1. The summed E-state index contributed by atoms with van der Waals surface area (Å²) in [7, 11) is 0. The van der Waals surface area contributed by atoms with Gasteiger partial charge in [0.1, 0.15) is 6.07 Å². The zero-order chi connectivity index (χ0) is 15.8. The summed E-state index contributed by atoms with van der Waals surface area (Å²) < 4.78 is 1.77. The van der Waals surface area contributed by atoms with Crippen LogP contribution >= 0.6 is 0 Å². The summed E-state index contributed by atoms with van der Waals surface area (Å²) in [6.45, 7) is 1.94. The molecule has 0 aliphatic carbocycles. The molecule has 0 atom stereocenters. The highest BCUT2D eigenvalue weighted by molar-refractivity contribution is 5.80. The van der Waals surface area contributed by atoms with E-state index in [0.717, 1.165) is 33.6 Å². The van der Waals surface area contributed by atoms with Crippen molar-refractivity contribution in [1.82, 2.24) is 24.8 Å². The number of benzene rings is 1. The van der Waals surface area contributed by atoms with Gasteiger partial charge in [-0.05, 0) is 42.8 Å². The first-order chi connectivity index (χ1) is 11.2. The largest absolute Gasteiger partial charge is 0.255 e. The quantitative estimate of drug-likeness (QED) is 0.568. The molecule has 0 aliphatic heterocycles. The number of hydrogen-bond donors (Lipinski definition) is 0. The fourth-order valence-electron chi connectivity index (χ4n) is 2.57. The molecule has 0 spiro atoms. The van der Waals surface area contributed by atoms with E-state index in [1.165, 1.54) is 0 Å². The molecule has 0 saturated heterocycles. The zero-order valence-electron chi connectivity index (χ0n) is 12.4. The Kier molecular flexibility index (Phi) is 2.98. The van der Waals surface area contributed by atoms with E-state index in [4.69, 9.17) is 5.26 Å². The zero-order valence-corrected chi connectivity index (χ0v) is 12.4. The minimum absolute atomic E-state index is 0.555. The van der Waals surface area contributed by atoms with Gasteiger partial charge in [0.15, 0.2) is 11.5 Å². The maximum absolute atomic E-state index is 9.00. The third kappa shape index (κ3) is 2.38. The molecule has 0 unspecified atom stereocenters. The topological polar surface area (TPSA) is 79.8 Å². The van der Waals surface area contributed by atoms with Crippen LogP contribution in [0.5, 0.6) is 0 Å². The van der Waals surface area contributed by atoms with Gasteiger partial charge in [0.2, 0.25) is 0 Å². The van der Waals surface area contributed by atoms with Crippen LogP contribution < -0.4 is 0 Å². The van der Waals surface area contributed by atoms with Gasteiger partial charge in [-0.25, -0.2) is 0 Å². The lowest BCUT2D eigenvalue weighted by molar-refractivity contribution is 0.821. The number of rotatable bonds is 2. The third-order valence-electron chi connectivity index (χ3n) is 3.70. The van der Waals surface area contributed by atoms with Crippen molar-refractivity contribution >= 4 is 16.6 Å². The molecule has 1 aromatic carbocycles. The third-order valence-corrected chi connectivity index (χ3v) is 3.70. The molecule has 6 nitrogen and oxygen atoms in total. The van der Waals surface area contributed by atoms with Crippen LogP contribution in [0.15, 0.2) is 42.6 Å². The Hall–Kier alpha value is -3.33. The Morgan fingerprint density at radius 2 is 2.04 bits per heavy atom. The standard InChI is InChI=1S/C17H12N6/c1-11-2-5-16-20-21-17(23(16)22-11)8-12-3-4-15-14(6-12)7-13(9-18)10-19-15/h2-7,10H,8H2,1H3. The van der Waals surface area contributed by atoms with E-state index in [1.807, 2.05) is 43.3 Å². The number of aryl methyl sites for hydroxylation is 1. The van der Waals surface area contributed by atoms with Gasteiger partial charge in [-0.2, -0.15) is 14.9 Å². The first kappa shape index (κ1) is 13.3. The number of fused-ring (bicyclic) bond motifs is 2. The van der Waals surface area contributed by atoms with Gasteiger partial charge < -0.3 is 0 Å². The summed E-state index contributed by atoms with van der Waals surface area (Å²) in [6, 6.07) is 13.8. The fraction of sp³-hybridized carbons (Fsp3) is 0.118. The molecule has 0 aliphatic rings.